The van der Waals surface area contributed by atoms with Gasteiger partial charge in [0.25, 0.3) is 0 Å². The lowest BCUT2D eigenvalue weighted by molar-refractivity contribution is 0.444. The van der Waals surface area contributed by atoms with Crippen LogP contribution in [0.25, 0.3) is 0 Å². The highest BCUT2D eigenvalue weighted by molar-refractivity contribution is 7.10. The smallest absolute Gasteiger partial charge is 0.421 e. The molecule has 52 valence electrons. The zero-order valence-electron chi connectivity index (χ0n) is 5.75. The second kappa shape index (κ2) is 3.64. The van der Waals surface area contributed by atoms with Crippen molar-refractivity contribution in [1.29, 1.82) is 0 Å². The van der Waals surface area contributed by atoms with Gasteiger partial charge in [-0.15, -0.1) is 11.5 Å². The molecule has 1 aromatic carbocycles. The summed E-state index contributed by atoms with van der Waals surface area (Å²) in [4.78, 5) is 0. The Morgan fingerprint density at radius 2 is 1.90 bits per heavy atom. The number of hydrogen-bond acceptors (Lipinski definition) is 1. The predicted octanol–water partition coefficient (Wildman–Crippen LogP) is 1.27. The first-order chi connectivity index (χ1) is 4.84. The van der Waals surface area contributed by atoms with E-state index in [0.717, 1.165) is 5.46 Å². The quantitative estimate of drug-likeness (QED) is 0.583. The molecule has 0 amide bonds. The summed E-state index contributed by atoms with van der Waals surface area (Å²) >= 11 is 5.77. The van der Waals surface area contributed by atoms with Gasteiger partial charge in [0.15, 0.2) is 0 Å². The van der Waals surface area contributed by atoms with Crippen molar-refractivity contribution >= 4 is 23.3 Å². The zero-order valence-corrected chi connectivity index (χ0v) is 6.51. The standard InChI is InChI=1S/C7H8BClO/c1-10-8(9)7-5-3-2-4-6-7/h2-6H,1H3. The highest BCUT2D eigenvalue weighted by Gasteiger charge is 2.11. The fourth-order valence-corrected chi connectivity index (χ4v) is 0.886. The lowest BCUT2D eigenvalue weighted by atomic mass is 9.87. The van der Waals surface area contributed by atoms with Crippen molar-refractivity contribution in [2.45, 2.75) is 0 Å². The van der Waals surface area contributed by atoms with Gasteiger partial charge in [-0.05, 0) is 5.46 Å². The van der Waals surface area contributed by atoms with Crippen LogP contribution in [0.3, 0.4) is 0 Å². The van der Waals surface area contributed by atoms with Gasteiger partial charge in [0.2, 0.25) is 0 Å². The van der Waals surface area contributed by atoms with Crippen LogP contribution in [0.5, 0.6) is 0 Å². The Kier molecular flexibility index (Phi) is 2.78. The van der Waals surface area contributed by atoms with Gasteiger partial charge in [0, 0.05) is 7.11 Å². The topological polar surface area (TPSA) is 9.23 Å². The molecule has 0 radical (unpaired) electrons. The predicted molar refractivity (Wildman–Crippen MR) is 44.7 cm³/mol. The molecular formula is C7H8BClO. The van der Waals surface area contributed by atoms with Crippen LogP contribution < -0.4 is 5.46 Å². The number of halogens is 1. The molecule has 10 heavy (non-hydrogen) atoms. The summed E-state index contributed by atoms with van der Waals surface area (Å²) in [7, 11) is 1.59. The van der Waals surface area contributed by atoms with Crippen LogP contribution in [0, 0.1) is 0 Å². The largest absolute Gasteiger partial charge is 0.434 e. The molecule has 1 rings (SSSR count). The molecule has 0 aliphatic heterocycles. The molecule has 0 saturated carbocycles. The summed E-state index contributed by atoms with van der Waals surface area (Å²) in [6.07, 6.45) is -0.318. The maximum absolute atomic E-state index is 5.77. The third-order valence-electron chi connectivity index (χ3n) is 1.27. The molecule has 0 aliphatic carbocycles. The van der Waals surface area contributed by atoms with Crippen molar-refractivity contribution in [3.05, 3.63) is 30.3 Å². The van der Waals surface area contributed by atoms with E-state index in [-0.39, 0.29) is 6.33 Å². The lowest BCUT2D eigenvalue weighted by Gasteiger charge is -2.00. The minimum Gasteiger partial charge on any atom is -0.421 e. The molecule has 0 atom stereocenters. The van der Waals surface area contributed by atoms with Crippen LogP contribution in [0.1, 0.15) is 0 Å². The molecule has 0 heterocycles. The molecule has 0 N–H and O–H groups in total. The van der Waals surface area contributed by atoms with E-state index in [2.05, 4.69) is 0 Å². The molecule has 0 unspecified atom stereocenters. The van der Waals surface area contributed by atoms with Crippen LogP contribution in [-0.4, -0.2) is 13.4 Å². The number of hydrogen-bond donors (Lipinski definition) is 0. The van der Waals surface area contributed by atoms with Crippen LogP contribution in [0.15, 0.2) is 30.3 Å². The van der Waals surface area contributed by atoms with E-state index < -0.39 is 0 Å². The SMILES string of the molecule is COB(Cl)c1ccccc1. The minimum atomic E-state index is -0.318. The van der Waals surface area contributed by atoms with Gasteiger partial charge in [0.1, 0.15) is 0 Å². The van der Waals surface area contributed by atoms with E-state index >= 15 is 0 Å². The molecular weight excluding hydrogens is 146 g/mol. The Bertz CT molecular complexity index is 190. The Labute approximate surface area is 66.0 Å². The van der Waals surface area contributed by atoms with Crippen molar-refractivity contribution in [2.75, 3.05) is 7.11 Å². The molecule has 0 fully saturated rings. The number of benzene rings is 1. The molecule has 0 spiro atoms. The summed E-state index contributed by atoms with van der Waals surface area (Å²) < 4.78 is 4.90. The lowest BCUT2D eigenvalue weighted by Crippen LogP contribution is -2.25. The monoisotopic (exact) mass is 154 g/mol. The first kappa shape index (κ1) is 7.64. The fourth-order valence-electron chi connectivity index (χ4n) is 0.740. The number of rotatable bonds is 2. The maximum Gasteiger partial charge on any atom is 0.434 e. The molecule has 0 bridgehead atoms. The van der Waals surface area contributed by atoms with E-state index in [1.54, 1.807) is 7.11 Å². The second-order valence-electron chi connectivity index (χ2n) is 1.96. The van der Waals surface area contributed by atoms with Crippen molar-refractivity contribution in [3.63, 3.8) is 0 Å². The average molecular weight is 154 g/mol. The van der Waals surface area contributed by atoms with Gasteiger partial charge < -0.3 is 4.65 Å². The summed E-state index contributed by atoms with van der Waals surface area (Å²) in [6, 6.07) is 9.68. The molecule has 0 aromatic heterocycles. The van der Waals surface area contributed by atoms with E-state index in [1.807, 2.05) is 30.3 Å². The van der Waals surface area contributed by atoms with Gasteiger partial charge in [0.05, 0.1) is 0 Å². The van der Waals surface area contributed by atoms with Gasteiger partial charge >= 0.3 is 6.33 Å². The van der Waals surface area contributed by atoms with Crippen LogP contribution in [0.2, 0.25) is 0 Å². The van der Waals surface area contributed by atoms with Crippen LogP contribution in [-0.2, 0) is 4.65 Å². The summed E-state index contributed by atoms with van der Waals surface area (Å²) in [5.74, 6) is 0. The van der Waals surface area contributed by atoms with Crippen LogP contribution in [0.4, 0.5) is 0 Å². The summed E-state index contributed by atoms with van der Waals surface area (Å²) in [6.45, 7) is 0. The zero-order chi connectivity index (χ0) is 7.40. The molecule has 3 heteroatoms. The summed E-state index contributed by atoms with van der Waals surface area (Å²) in [5, 5.41) is 0. The molecule has 0 aliphatic rings. The van der Waals surface area contributed by atoms with Gasteiger partial charge in [-0.1, -0.05) is 30.3 Å². The van der Waals surface area contributed by atoms with Crippen molar-refractivity contribution in [3.8, 4) is 0 Å². The first-order valence-electron chi connectivity index (χ1n) is 3.06. The second-order valence-corrected chi connectivity index (χ2v) is 2.36. The average Bonchev–Trinajstić information content (AvgIpc) is 2.05. The highest BCUT2D eigenvalue weighted by Crippen LogP contribution is 1.92. The molecule has 0 saturated heterocycles. The summed E-state index contributed by atoms with van der Waals surface area (Å²) in [5.41, 5.74) is 0.992. The van der Waals surface area contributed by atoms with E-state index in [4.69, 9.17) is 16.1 Å². The van der Waals surface area contributed by atoms with E-state index in [1.165, 1.54) is 0 Å². The van der Waals surface area contributed by atoms with Crippen molar-refractivity contribution in [1.82, 2.24) is 0 Å². The Morgan fingerprint density at radius 1 is 1.30 bits per heavy atom. The minimum absolute atomic E-state index is 0.318. The van der Waals surface area contributed by atoms with Gasteiger partial charge in [-0.3, -0.25) is 0 Å². The van der Waals surface area contributed by atoms with Crippen molar-refractivity contribution < 1.29 is 4.65 Å². The maximum atomic E-state index is 5.77. The fraction of sp³-hybridized carbons (Fsp3) is 0.143. The van der Waals surface area contributed by atoms with Crippen molar-refractivity contribution in [2.24, 2.45) is 0 Å². The van der Waals surface area contributed by atoms with Crippen LogP contribution >= 0.6 is 11.5 Å². The Morgan fingerprint density at radius 3 is 2.40 bits per heavy atom. The molecule has 1 nitrogen and oxygen atoms in total. The third kappa shape index (κ3) is 1.76. The normalized spacial score (nSPS) is 9.40. The Balaban J connectivity index is 2.75. The van der Waals surface area contributed by atoms with E-state index in [0.29, 0.717) is 0 Å². The van der Waals surface area contributed by atoms with E-state index in [9.17, 15) is 0 Å². The van der Waals surface area contributed by atoms with Gasteiger partial charge in [-0.2, -0.15) is 0 Å². The first-order valence-corrected chi connectivity index (χ1v) is 3.50. The highest BCUT2D eigenvalue weighted by atomic mass is 35.5. The van der Waals surface area contributed by atoms with Gasteiger partial charge in [-0.25, -0.2) is 0 Å². The third-order valence-corrected chi connectivity index (χ3v) is 1.70. The molecule has 1 aromatic rings. The Hall–Kier alpha value is -0.465.